The quantitative estimate of drug-likeness (QED) is 0.531. The molecular formula is C27H18N2O2. The molecule has 148 valence electrons. The summed E-state index contributed by atoms with van der Waals surface area (Å²) in [5, 5.41) is 12.5. The minimum Gasteiger partial charge on any atom is -0.379 e. The van der Waals surface area contributed by atoms with Crippen molar-refractivity contribution in [3.8, 4) is 11.4 Å². The molecule has 2 heterocycles. The van der Waals surface area contributed by atoms with Crippen LogP contribution >= 0.6 is 0 Å². The monoisotopic (exact) mass is 402 g/mol. The van der Waals surface area contributed by atoms with Crippen LogP contribution in [0.5, 0.6) is 0 Å². The van der Waals surface area contributed by atoms with Gasteiger partial charge in [-0.05, 0) is 23.3 Å². The summed E-state index contributed by atoms with van der Waals surface area (Å²) >= 11 is 0. The van der Waals surface area contributed by atoms with E-state index in [9.17, 15) is 9.90 Å². The van der Waals surface area contributed by atoms with Crippen molar-refractivity contribution in [1.82, 2.24) is 9.97 Å². The largest absolute Gasteiger partial charge is 0.379 e. The fraction of sp³-hybridized carbons (Fsp3) is 0.0741. The lowest BCUT2D eigenvalue weighted by atomic mass is 9.70. The van der Waals surface area contributed by atoms with Gasteiger partial charge in [-0.1, -0.05) is 72.8 Å². The predicted octanol–water partition coefficient (Wildman–Crippen LogP) is 4.62. The van der Waals surface area contributed by atoms with Gasteiger partial charge in [0, 0.05) is 34.7 Å². The number of benzene rings is 2. The number of hydrogen-bond donors (Lipinski definition) is 1. The molecule has 0 radical (unpaired) electrons. The van der Waals surface area contributed by atoms with Crippen LogP contribution in [-0.2, 0) is 10.4 Å². The second-order valence-electron chi connectivity index (χ2n) is 7.89. The lowest BCUT2D eigenvalue weighted by Gasteiger charge is -2.37. The van der Waals surface area contributed by atoms with Gasteiger partial charge in [-0.2, -0.15) is 0 Å². The van der Waals surface area contributed by atoms with Crippen LogP contribution in [0, 0.1) is 0 Å². The molecule has 2 atom stereocenters. The van der Waals surface area contributed by atoms with Crippen LogP contribution in [0.2, 0.25) is 0 Å². The molecule has 0 fully saturated rings. The van der Waals surface area contributed by atoms with Gasteiger partial charge in [0.15, 0.2) is 5.78 Å². The zero-order valence-electron chi connectivity index (χ0n) is 16.6. The maximum Gasteiger partial charge on any atom is 0.174 e. The number of aliphatic hydroxyl groups is 1. The summed E-state index contributed by atoms with van der Waals surface area (Å²) in [4.78, 5) is 23.2. The molecular weight excluding hydrogens is 384 g/mol. The highest BCUT2D eigenvalue weighted by Gasteiger charge is 2.58. The molecule has 1 N–H and O–H groups in total. The Balaban J connectivity index is 1.76. The van der Waals surface area contributed by atoms with E-state index in [4.69, 9.17) is 0 Å². The van der Waals surface area contributed by atoms with Gasteiger partial charge in [0.1, 0.15) is 5.60 Å². The van der Waals surface area contributed by atoms with Gasteiger partial charge in [-0.25, -0.2) is 0 Å². The number of hydrogen-bond acceptors (Lipinski definition) is 4. The standard InChI is InChI=1S/C27H18N2O2/c30-26-21(17-9-3-1-4-10-17)23-19-13-7-15-28-24(19)25-20(14-8-16-29-25)27(23,31)22(26)18-11-5-2-6-12-18/h1-16,22,31H. The van der Waals surface area contributed by atoms with Crippen molar-refractivity contribution in [2.45, 2.75) is 11.5 Å². The second kappa shape index (κ2) is 6.56. The number of Topliss-reactive ketones (excluding diaryl/α,β-unsaturated/α-hetero) is 1. The van der Waals surface area contributed by atoms with Crippen LogP contribution in [-0.4, -0.2) is 20.9 Å². The van der Waals surface area contributed by atoms with Crippen molar-refractivity contribution in [3.05, 3.63) is 120 Å². The highest BCUT2D eigenvalue weighted by Crippen LogP contribution is 2.61. The van der Waals surface area contributed by atoms with Crippen molar-refractivity contribution in [1.29, 1.82) is 0 Å². The van der Waals surface area contributed by atoms with E-state index in [-0.39, 0.29) is 5.78 Å². The Morgan fingerprint density at radius 2 is 1.39 bits per heavy atom. The van der Waals surface area contributed by atoms with Crippen molar-refractivity contribution < 1.29 is 9.90 Å². The number of nitrogens with zero attached hydrogens (tertiary/aromatic N) is 2. The summed E-state index contributed by atoms with van der Waals surface area (Å²) in [5.74, 6) is -0.864. The summed E-state index contributed by atoms with van der Waals surface area (Å²) in [5.41, 5.74) is 3.86. The van der Waals surface area contributed by atoms with Gasteiger partial charge in [0.25, 0.3) is 0 Å². The highest BCUT2D eigenvalue weighted by atomic mass is 16.3. The number of fused-ring (bicyclic) bond motifs is 6. The van der Waals surface area contributed by atoms with Crippen LogP contribution in [0.25, 0.3) is 22.5 Å². The fourth-order valence-corrected chi connectivity index (χ4v) is 5.05. The summed E-state index contributed by atoms with van der Waals surface area (Å²) in [6.07, 6.45) is 3.41. The smallest absolute Gasteiger partial charge is 0.174 e. The molecule has 31 heavy (non-hydrogen) atoms. The molecule has 2 unspecified atom stereocenters. The molecule has 4 aromatic rings. The first kappa shape index (κ1) is 17.9. The molecule has 4 nitrogen and oxygen atoms in total. The summed E-state index contributed by atoms with van der Waals surface area (Å²) < 4.78 is 0. The Bertz CT molecular complexity index is 1360. The van der Waals surface area contributed by atoms with E-state index in [0.29, 0.717) is 28.1 Å². The zero-order chi connectivity index (χ0) is 21.0. The van der Waals surface area contributed by atoms with E-state index in [0.717, 1.165) is 16.7 Å². The molecule has 0 saturated heterocycles. The Morgan fingerprint density at radius 1 is 0.742 bits per heavy atom. The lowest BCUT2D eigenvalue weighted by Crippen LogP contribution is -2.37. The van der Waals surface area contributed by atoms with E-state index in [1.807, 2.05) is 78.9 Å². The fourth-order valence-electron chi connectivity index (χ4n) is 5.05. The van der Waals surface area contributed by atoms with Gasteiger partial charge in [-0.3, -0.25) is 14.8 Å². The van der Waals surface area contributed by atoms with E-state index >= 15 is 0 Å². The maximum absolute atomic E-state index is 14.0. The summed E-state index contributed by atoms with van der Waals surface area (Å²) in [6.45, 7) is 0. The molecule has 0 bridgehead atoms. The van der Waals surface area contributed by atoms with E-state index in [2.05, 4.69) is 9.97 Å². The molecule has 4 heteroatoms. The number of carbonyl (C=O) groups is 1. The molecule has 6 rings (SSSR count). The number of pyridine rings is 2. The molecule has 0 saturated carbocycles. The number of rotatable bonds is 2. The van der Waals surface area contributed by atoms with Gasteiger partial charge < -0.3 is 5.11 Å². The Kier molecular flexibility index (Phi) is 3.79. The first-order valence-electron chi connectivity index (χ1n) is 10.2. The molecule has 2 aliphatic carbocycles. The summed E-state index contributed by atoms with van der Waals surface area (Å²) in [6, 6.07) is 26.5. The molecule has 0 aliphatic heterocycles. The van der Waals surface area contributed by atoms with Crippen molar-refractivity contribution in [2.24, 2.45) is 0 Å². The van der Waals surface area contributed by atoms with Crippen LogP contribution in [0.4, 0.5) is 0 Å². The van der Waals surface area contributed by atoms with E-state index in [1.54, 1.807) is 18.5 Å². The highest BCUT2D eigenvalue weighted by molar-refractivity contribution is 6.36. The van der Waals surface area contributed by atoms with Crippen LogP contribution < -0.4 is 0 Å². The molecule has 0 amide bonds. The Hall–Kier alpha value is -3.89. The van der Waals surface area contributed by atoms with Gasteiger partial charge in [-0.15, -0.1) is 0 Å². The van der Waals surface area contributed by atoms with Gasteiger partial charge in [0.05, 0.1) is 17.3 Å². The summed E-state index contributed by atoms with van der Waals surface area (Å²) in [7, 11) is 0. The minimum atomic E-state index is -1.54. The van der Waals surface area contributed by atoms with E-state index in [1.165, 1.54) is 0 Å². The average Bonchev–Trinajstić information content (AvgIpc) is 3.08. The van der Waals surface area contributed by atoms with Crippen LogP contribution in [0.15, 0.2) is 97.3 Å². The maximum atomic E-state index is 14.0. The number of allylic oxidation sites excluding steroid dienone is 1. The zero-order valence-corrected chi connectivity index (χ0v) is 16.6. The third-order valence-electron chi connectivity index (χ3n) is 6.27. The first-order chi connectivity index (χ1) is 15.2. The van der Waals surface area contributed by atoms with Gasteiger partial charge >= 0.3 is 0 Å². The van der Waals surface area contributed by atoms with Gasteiger partial charge in [0.2, 0.25) is 0 Å². The number of carbonyl (C=O) groups excluding carboxylic acids is 1. The van der Waals surface area contributed by atoms with E-state index < -0.39 is 11.5 Å². The van der Waals surface area contributed by atoms with Crippen molar-refractivity contribution >= 4 is 16.9 Å². The Labute approximate surface area is 179 Å². The number of ketones is 1. The Morgan fingerprint density at radius 3 is 2.13 bits per heavy atom. The third kappa shape index (κ3) is 2.36. The second-order valence-corrected chi connectivity index (χ2v) is 7.89. The molecule has 2 aromatic carbocycles. The third-order valence-corrected chi connectivity index (χ3v) is 6.27. The average molecular weight is 402 g/mol. The first-order valence-corrected chi connectivity index (χ1v) is 10.2. The molecule has 2 aromatic heterocycles. The number of aromatic nitrogens is 2. The normalized spacial score (nSPS) is 21.5. The SMILES string of the molecule is O=C1C(c2ccccc2)=C2c3cccnc3-c3ncccc3C2(O)C1c1ccccc1. The predicted molar refractivity (Wildman–Crippen MR) is 119 cm³/mol. The molecule has 0 spiro atoms. The lowest BCUT2D eigenvalue weighted by molar-refractivity contribution is -0.118. The molecule has 2 aliphatic rings. The van der Waals surface area contributed by atoms with Crippen molar-refractivity contribution in [3.63, 3.8) is 0 Å². The minimum absolute atomic E-state index is 0.0959. The van der Waals surface area contributed by atoms with Crippen molar-refractivity contribution in [2.75, 3.05) is 0 Å². The topological polar surface area (TPSA) is 63.1 Å². The van der Waals surface area contributed by atoms with Crippen LogP contribution in [0.3, 0.4) is 0 Å². The van der Waals surface area contributed by atoms with Crippen LogP contribution in [0.1, 0.15) is 28.2 Å².